The molecule has 0 fully saturated rings. The topological polar surface area (TPSA) is 86.5 Å². The molecular formula is C14H23N3O3. The molecule has 1 rings (SSSR count). The Balaban J connectivity index is 2.46. The average molecular weight is 281 g/mol. The fraction of sp³-hybridized carbons (Fsp3) is 0.571. The first kappa shape index (κ1) is 16.2. The number of nitrogens with zero attached hydrogens (tertiary/aromatic N) is 1. The van der Waals surface area contributed by atoms with Crippen LogP contribution in [-0.4, -0.2) is 37.3 Å². The first-order chi connectivity index (χ1) is 9.69. The van der Waals surface area contributed by atoms with E-state index in [1.54, 1.807) is 13.0 Å². The van der Waals surface area contributed by atoms with E-state index in [1.165, 1.54) is 6.20 Å². The second kappa shape index (κ2) is 9.14. The Bertz CT molecular complexity index is 424. The van der Waals surface area contributed by atoms with Gasteiger partial charge in [0.25, 0.3) is 0 Å². The zero-order chi connectivity index (χ0) is 14.8. The minimum absolute atomic E-state index is 0.313. The Morgan fingerprint density at radius 3 is 2.90 bits per heavy atom. The monoisotopic (exact) mass is 281 g/mol. The number of rotatable bonds is 9. The zero-order valence-corrected chi connectivity index (χ0v) is 12.1. The van der Waals surface area contributed by atoms with Crippen LogP contribution in [0.15, 0.2) is 12.3 Å². The highest BCUT2D eigenvalue weighted by molar-refractivity contribution is 5.95. The van der Waals surface area contributed by atoms with E-state index in [0.717, 1.165) is 19.4 Å². The van der Waals surface area contributed by atoms with Crippen molar-refractivity contribution in [2.75, 3.05) is 37.4 Å². The molecule has 1 aromatic heterocycles. The summed E-state index contributed by atoms with van der Waals surface area (Å²) in [5, 5.41) is 3.09. The lowest BCUT2D eigenvalue weighted by Gasteiger charge is -2.09. The fourth-order valence-electron chi connectivity index (χ4n) is 1.55. The van der Waals surface area contributed by atoms with Gasteiger partial charge >= 0.3 is 5.97 Å². The van der Waals surface area contributed by atoms with Gasteiger partial charge in [0.15, 0.2) is 0 Å². The molecule has 0 bridgehead atoms. The number of carbonyl (C=O) groups excluding carboxylic acids is 1. The molecule has 20 heavy (non-hydrogen) atoms. The summed E-state index contributed by atoms with van der Waals surface area (Å²) in [4.78, 5) is 15.8. The molecule has 112 valence electrons. The molecular weight excluding hydrogens is 258 g/mol. The van der Waals surface area contributed by atoms with Crippen molar-refractivity contribution in [2.24, 2.45) is 0 Å². The quantitative estimate of drug-likeness (QED) is 0.532. The summed E-state index contributed by atoms with van der Waals surface area (Å²) < 4.78 is 10.4. The highest BCUT2D eigenvalue weighted by Gasteiger charge is 2.12. The summed E-state index contributed by atoms with van der Waals surface area (Å²) in [5.41, 5.74) is 6.36. The van der Waals surface area contributed by atoms with Gasteiger partial charge < -0.3 is 20.5 Å². The smallest absolute Gasteiger partial charge is 0.340 e. The molecule has 0 saturated heterocycles. The SMILES string of the molecule is CCCCOCCNc1cc(C(=O)OCC)c(N)cn1. The third kappa shape index (κ3) is 5.44. The highest BCUT2D eigenvalue weighted by Crippen LogP contribution is 2.15. The van der Waals surface area contributed by atoms with Gasteiger partial charge in [0.2, 0.25) is 0 Å². The second-order valence-corrected chi connectivity index (χ2v) is 4.27. The number of nitrogen functional groups attached to an aromatic ring is 1. The van der Waals surface area contributed by atoms with E-state index in [-0.39, 0.29) is 0 Å². The van der Waals surface area contributed by atoms with Crippen LogP contribution in [0.4, 0.5) is 11.5 Å². The lowest BCUT2D eigenvalue weighted by atomic mass is 10.2. The van der Waals surface area contributed by atoms with E-state index in [2.05, 4.69) is 17.2 Å². The Labute approximate surface area is 119 Å². The van der Waals surface area contributed by atoms with Gasteiger partial charge in [-0.2, -0.15) is 0 Å². The number of hydrogen-bond acceptors (Lipinski definition) is 6. The molecule has 0 unspecified atom stereocenters. The minimum atomic E-state index is -0.436. The van der Waals surface area contributed by atoms with Crippen molar-refractivity contribution in [2.45, 2.75) is 26.7 Å². The van der Waals surface area contributed by atoms with Crippen LogP contribution in [-0.2, 0) is 9.47 Å². The number of unbranched alkanes of at least 4 members (excludes halogenated alkanes) is 1. The number of anilines is 2. The molecule has 6 nitrogen and oxygen atoms in total. The molecule has 0 aliphatic rings. The van der Waals surface area contributed by atoms with E-state index in [0.29, 0.717) is 36.8 Å². The standard InChI is InChI=1S/C14H23N3O3/c1-3-5-7-19-8-6-16-13-9-11(12(15)10-17-13)14(18)20-4-2/h9-10H,3-8,15H2,1-2H3,(H,16,17). The van der Waals surface area contributed by atoms with Crippen molar-refractivity contribution in [1.29, 1.82) is 0 Å². The van der Waals surface area contributed by atoms with Crippen molar-refractivity contribution in [3.05, 3.63) is 17.8 Å². The summed E-state index contributed by atoms with van der Waals surface area (Å²) in [7, 11) is 0. The third-order valence-corrected chi connectivity index (χ3v) is 2.62. The number of aromatic nitrogens is 1. The number of nitrogens with one attached hydrogen (secondary N) is 1. The van der Waals surface area contributed by atoms with Gasteiger partial charge in [-0.25, -0.2) is 9.78 Å². The lowest BCUT2D eigenvalue weighted by Crippen LogP contribution is -2.13. The van der Waals surface area contributed by atoms with E-state index in [4.69, 9.17) is 15.2 Å². The van der Waals surface area contributed by atoms with E-state index < -0.39 is 5.97 Å². The van der Waals surface area contributed by atoms with Crippen molar-refractivity contribution in [3.63, 3.8) is 0 Å². The molecule has 1 aromatic rings. The summed E-state index contributed by atoms with van der Waals surface area (Å²) in [6.07, 6.45) is 3.63. The Morgan fingerprint density at radius 2 is 2.20 bits per heavy atom. The summed E-state index contributed by atoms with van der Waals surface area (Å²) >= 11 is 0. The van der Waals surface area contributed by atoms with Gasteiger partial charge in [-0.15, -0.1) is 0 Å². The van der Waals surface area contributed by atoms with Gasteiger partial charge in [0.05, 0.1) is 30.7 Å². The van der Waals surface area contributed by atoms with Gasteiger partial charge in [-0.05, 0) is 19.4 Å². The average Bonchev–Trinajstić information content (AvgIpc) is 2.44. The normalized spacial score (nSPS) is 10.3. The first-order valence-corrected chi connectivity index (χ1v) is 6.93. The van der Waals surface area contributed by atoms with Crippen molar-refractivity contribution >= 4 is 17.5 Å². The molecule has 0 spiro atoms. The van der Waals surface area contributed by atoms with Gasteiger partial charge in [0.1, 0.15) is 5.82 Å². The molecule has 3 N–H and O–H groups in total. The Kier molecular flexibility index (Phi) is 7.42. The van der Waals surface area contributed by atoms with Crippen LogP contribution in [0, 0.1) is 0 Å². The predicted octanol–water partition coefficient (Wildman–Crippen LogP) is 2.07. The lowest BCUT2D eigenvalue weighted by molar-refractivity contribution is 0.0527. The van der Waals surface area contributed by atoms with Crippen LogP contribution < -0.4 is 11.1 Å². The maximum Gasteiger partial charge on any atom is 0.340 e. The molecule has 0 aliphatic heterocycles. The molecule has 1 heterocycles. The van der Waals surface area contributed by atoms with E-state index in [9.17, 15) is 4.79 Å². The van der Waals surface area contributed by atoms with Crippen LogP contribution in [0.5, 0.6) is 0 Å². The summed E-state index contributed by atoms with van der Waals surface area (Å²) in [5.74, 6) is 0.149. The second-order valence-electron chi connectivity index (χ2n) is 4.27. The largest absolute Gasteiger partial charge is 0.462 e. The summed E-state index contributed by atoms with van der Waals surface area (Å²) in [6.45, 7) is 6.18. The zero-order valence-electron chi connectivity index (χ0n) is 12.1. The molecule has 0 aliphatic carbocycles. The van der Waals surface area contributed by atoms with E-state index >= 15 is 0 Å². The van der Waals surface area contributed by atoms with Crippen molar-refractivity contribution in [3.8, 4) is 0 Å². The molecule has 0 amide bonds. The van der Waals surface area contributed by atoms with Crippen LogP contribution in [0.1, 0.15) is 37.0 Å². The molecule has 0 radical (unpaired) electrons. The molecule has 0 saturated carbocycles. The van der Waals surface area contributed by atoms with Crippen LogP contribution in [0.25, 0.3) is 0 Å². The van der Waals surface area contributed by atoms with Crippen molar-refractivity contribution in [1.82, 2.24) is 4.98 Å². The maximum absolute atomic E-state index is 11.7. The molecule has 0 aromatic carbocycles. The van der Waals surface area contributed by atoms with Gasteiger partial charge in [-0.1, -0.05) is 13.3 Å². The Morgan fingerprint density at radius 1 is 1.40 bits per heavy atom. The predicted molar refractivity (Wildman–Crippen MR) is 78.8 cm³/mol. The third-order valence-electron chi connectivity index (χ3n) is 2.62. The number of esters is 1. The number of ether oxygens (including phenoxy) is 2. The van der Waals surface area contributed by atoms with Crippen LogP contribution in [0.2, 0.25) is 0 Å². The first-order valence-electron chi connectivity index (χ1n) is 6.93. The van der Waals surface area contributed by atoms with Crippen molar-refractivity contribution < 1.29 is 14.3 Å². The minimum Gasteiger partial charge on any atom is -0.462 e. The number of pyridine rings is 1. The van der Waals surface area contributed by atoms with E-state index in [1.807, 2.05) is 0 Å². The van der Waals surface area contributed by atoms with Gasteiger partial charge in [0, 0.05) is 13.2 Å². The maximum atomic E-state index is 11.7. The number of nitrogens with two attached hydrogens (primary N) is 1. The Hall–Kier alpha value is -1.82. The van der Waals surface area contributed by atoms with Gasteiger partial charge in [-0.3, -0.25) is 0 Å². The number of hydrogen-bond donors (Lipinski definition) is 2. The molecule has 6 heteroatoms. The molecule has 0 atom stereocenters. The summed E-state index contributed by atoms with van der Waals surface area (Å²) in [6, 6.07) is 1.60. The highest BCUT2D eigenvalue weighted by atomic mass is 16.5. The number of carbonyl (C=O) groups is 1. The van der Waals surface area contributed by atoms with Crippen LogP contribution >= 0.6 is 0 Å². The van der Waals surface area contributed by atoms with Crippen LogP contribution in [0.3, 0.4) is 0 Å². The fourth-order valence-corrected chi connectivity index (χ4v) is 1.55.